The molecule has 0 saturated carbocycles. The molecule has 1 fully saturated rings. The minimum absolute atomic E-state index is 0.133. The monoisotopic (exact) mass is 405 g/mol. The zero-order chi connectivity index (χ0) is 19.2. The van der Waals surface area contributed by atoms with Gasteiger partial charge in [-0.05, 0) is 36.8 Å². The van der Waals surface area contributed by atoms with E-state index in [1.54, 1.807) is 18.2 Å². The molecule has 1 saturated heterocycles. The Labute approximate surface area is 163 Å². The van der Waals surface area contributed by atoms with Crippen molar-refractivity contribution in [3.8, 4) is 0 Å². The number of anilines is 1. The lowest BCUT2D eigenvalue weighted by Gasteiger charge is -2.45. The van der Waals surface area contributed by atoms with E-state index >= 15 is 0 Å². The average Bonchev–Trinajstić information content (AvgIpc) is 2.64. The molecule has 4 rings (SSSR count). The summed E-state index contributed by atoms with van der Waals surface area (Å²) >= 11 is 6.10. The van der Waals surface area contributed by atoms with Crippen molar-refractivity contribution in [2.45, 2.75) is 30.3 Å². The summed E-state index contributed by atoms with van der Waals surface area (Å²) in [6.07, 6.45) is 0.956. The van der Waals surface area contributed by atoms with E-state index in [9.17, 15) is 13.2 Å². The van der Waals surface area contributed by atoms with Gasteiger partial charge < -0.3 is 10.6 Å². The van der Waals surface area contributed by atoms with Crippen LogP contribution in [0.1, 0.15) is 28.8 Å². The van der Waals surface area contributed by atoms with E-state index in [-0.39, 0.29) is 10.8 Å². The van der Waals surface area contributed by atoms with Gasteiger partial charge in [-0.25, -0.2) is 8.42 Å². The number of halogens is 1. The van der Waals surface area contributed by atoms with Crippen LogP contribution in [-0.2, 0) is 10.0 Å². The molecule has 6 nitrogen and oxygen atoms in total. The molecule has 0 unspecified atom stereocenters. The summed E-state index contributed by atoms with van der Waals surface area (Å²) < 4.78 is 27.3. The van der Waals surface area contributed by atoms with Gasteiger partial charge in [-0.3, -0.25) is 4.79 Å². The summed E-state index contributed by atoms with van der Waals surface area (Å²) in [5.41, 5.74) is 1.60. The Hall–Kier alpha value is -2.09. The maximum atomic E-state index is 12.9. The third kappa shape index (κ3) is 3.20. The van der Waals surface area contributed by atoms with Gasteiger partial charge in [0.2, 0.25) is 10.0 Å². The summed E-state index contributed by atoms with van der Waals surface area (Å²) in [4.78, 5) is 12.6. The molecule has 0 bridgehead atoms. The number of nitrogens with zero attached hydrogens (tertiary/aromatic N) is 1. The Morgan fingerprint density at radius 1 is 1.07 bits per heavy atom. The Bertz CT molecular complexity index is 1010. The van der Waals surface area contributed by atoms with Crippen molar-refractivity contribution in [3.63, 3.8) is 0 Å². The Balaban J connectivity index is 1.54. The van der Waals surface area contributed by atoms with Crippen molar-refractivity contribution in [3.05, 3.63) is 58.6 Å². The fraction of sp³-hybridized carbons (Fsp3) is 0.316. The number of aryl methyl sites for hydroxylation is 1. The zero-order valence-electron chi connectivity index (χ0n) is 14.8. The first-order valence-corrected chi connectivity index (χ1v) is 10.6. The van der Waals surface area contributed by atoms with Crippen molar-refractivity contribution >= 4 is 33.2 Å². The third-order valence-corrected chi connectivity index (χ3v) is 7.56. The number of nitrogens with one attached hydrogen (secondary N) is 2. The summed E-state index contributed by atoms with van der Waals surface area (Å²) in [5, 5.41) is 6.85. The van der Waals surface area contributed by atoms with E-state index < -0.39 is 15.7 Å². The van der Waals surface area contributed by atoms with Crippen LogP contribution in [-0.4, -0.2) is 37.4 Å². The van der Waals surface area contributed by atoms with Crippen LogP contribution >= 0.6 is 11.6 Å². The molecule has 2 N–H and O–H groups in total. The number of rotatable bonds is 2. The van der Waals surface area contributed by atoms with Crippen molar-refractivity contribution in [1.82, 2.24) is 9.62 Å². The molecule has 142 valence electrons. The molecule has 2 aromatic rings. The first kappa shape index (κ1) is 18.3. The number of hydrogen-bond acceptors (Lipinski definition) is 4. The molecule has 2 aliphatic heterocycles. The maximum Gasteiger partial charge on any atom is 0.255 e. The summed E-state index contributed by atoms with van der Waals surface area (Å²) in [6.45, 7) is 2.45. The third-order valence-electron chi connectivity index (χ3n) is 5.26. The number of carbonyl (C=O) groups is 1. The van der Waals surface area contributed by atoms with Crippen LogP contribution in [0.2, 0.25) is 5.02 Å². The highest BCUT2D eigenvalue weighted by Crippen LogP contribution is 2.33. The number of sulfonamides is 1. The Kier molecular flexibility index (Phi) is 4.41. The fourth-order valence-corrected chi connectivity index (χ4v) is 5.32. The molecular formula is C19H20ClN3O3S. The van der Waals surface area contributed by atoms with Gasteiger partial charge in [-0.15, -0.1) is 0 Å². The number of piperidine rings is 1. The lowest BCUT2D eigenvalue weighted by atomic mass is 9.93. The molecular weight excluding hydrogens is 386 g/mol. The molecule has 0 aromatic heterocycles. The topological polar surface area (TPSA) is 78.5 Å². The number of amides is 1. The van der Waals surface area contributed by atoms with E-state index in [4.69, 9.17) is 11.6 Å². The molecule has 1 spiro atoms. The fourth-order valence-electron chi connectivity index (χ4n) is 3.61. The summed E-state index contributed by atoms with van der Waals surface area (Å²) in [7, 11) is -3.62. The van der Waals surface area contributed by atoms with Crippen LogP contribution in [0, 0.1) is 6.92 Å². The van der Waals surface area contributed by atoms with Gasteiger partial charge in [-0.2, -0.15) is 4.31 Å². The standard InChI is InChI=1S/C19H20ClN3O3S/c1-13-6-7-14(12-16(13)20)27(25,26)23-10-8-19(9-11-23)21-17-5-3-2-4-15(17)18(24)22-19/h2-7,12,21H,8-11H2,1H3,(H,22,24). The maximum absolute atomic E-state index is 12.9. The van der Waals surface area contributed by atoms with Crippen LogP contribution in [0.5, 0.6) is 0 Å². The van der Waals surface area contributed by atoms with E-state index in [1.165, 1.54) is 10.4 Å². The second kappa shape index (κ2) is 6.51. The van der Waals surface area contributed by atoms with Crippen LogP contribution in [0.4, 0.5) is 5.69 Å². The Morgan fingerprint density at radius 3 is 2.48 bits per heavy atom. The van der Waals surface area contributed by atoms with Crippen LogP contribution < -0.4 is 10.6 Å². The SMILES string of the molecule is Cc1ccc(S(=O)(=O)N2CCC3(CC2)NC(=O)c2ccccc2N3)cc1Cl. The number of fused-ring (bicyclic) bond motifs is 1. The highest BCUT2D eigenvalue weighted by molar-refractivity contribution is 7.89. The minimum Gasteiger partial charge on any atom is -0.362 e. The molecule has 2 aromatic carbocycles. The molecule has 1 amide bonds. The van der Waals surface area contributed by atoms with Crippen LogP contribution in [0.3, 0.4) is 0 Å². The van der Waals surface area contributed by atoms with Crippen molar-refractivity contribution in [2.24, 2.45) is 0 Å². The first-order valence-electron chi connectivity index (χ1n) is 8.77. The van der Waals surface area contributed by atoms with Gasteiger partial charge in [0, 0.05) is 36.6 Å². The minimum atomic E-state index is -3.62. The zero-order valence-corrected chi connectivity index (χ0v) is 16.4. The summed E-state index contributed by atoms with van der Waals surface area (Å²) in [5.74, 6) is -0.133. The van der Waals surface area contributed by atoms with Crippen molar-refractivity contribution in [2.75, 3.05) is 18.4 Å². The number of para-hydroxylation sites is 1. The van der Waals surface area contributed by atoms with E-state index in [1.807, 2.05) is 25.1 Å². The van der Waals surface area contributed by atoms with Gasteiger partial charge in [0.1, 0.15) is 5.66 Å². The van der Waals surface area contributed by atoms with Crippen molar-refractivity contribution in [1.29, 1.82) is 0 Å². The average molecular weight is 406 g/mol. The quantitative estimate of drug-likeness (QED) is 0.805. The van der Waals surface area contributed by atoms with Gasteiger partial charge in [0.05, 0.1) is 10.5 Å². The molecule has 8 heteroatoms. The number of carbonyl (C=O) groups excluding carboxylic acids is 1. The van der Waals surface area contributed by atoms with E-state index in [0.717, 1.165) is 11.3 Å². The predicted molar refractivity (Wildman–Crippen MR) is 104 cm³/mol. The van der Waals surface area contributed by atoms with Gasteiger partial charge >= 0.3 is 0 Å². The van der Waals surface area contributed by atoms with Gasteiger partial charge in [0.15, 0.2) is 0 Å². The Morgan fingerprint density at radius 2 is 1.78 bits per heavy atom. The molecule has 2 heterocycles. The van der Waals surface area contributed by atoms with Gasteiger partial charge in [0.25, 0.3) is 5.91 Å². The van der Waals surface area contributed by atoms with Crippen LogP contribution in [0.15, 0.2) is 47.4 Å². The second-order valence-corrected chi connectivity index (χ2v) is 9.37. The largest absolute Gasteiger partial charge is 0.362 e. The lowest BCUT2D eigenvalue weighted by Crippen LogP contribution is -2.62. The number of hydrogen-bond donors (Lipinski definition) is 2. The molecule has 2 aliphatic rings. The van der Waals surface area contributed by atoms with Crippen molar-refractivity contribution < 1.29 is 13.2 Å². The second-order valence-electron chi connectivity index (χ2n) is 7.02. The molecule has 27 heavy (non-hydrogen) atoms. The number of benzene rings is 2. The summed E-state index contributed by atoms with van der Waals surface area (Å²) in [6, 6.07) is 12.1. The van der Waals surface area contributed by atoms with Gasteiger partial charge in [-0.1, -0.05) is 29.8 Å². The molecule has 0 aliphatic carbocycles. The normalized spacial score (nSPS) is 19.3. The van der Waals surface area contributed by atoms with Crippen LogP contribution in [0.25, 0.3) is 0 Å². The van der Waals surface area contributed by atoms with E-state index in [0.29, 0.717) is 36.5 Å². The first-order chi connectivity index (χ1) is 12.8. The highest BCUT2D eigenvalue weighted by Gasteiger charge is 2.42. The molecule has 0 atom stereocenters. The lowest BCUT2D eigenvalue weighted by molar-refractivity contribution is 0.0865. The predicted octanol–water partition coefficient (Wildman–Crippen LogP) is 2.98. The highest BCUT2D eigenvalue weighted by atomic mass is 35.5. The smallest absolute Gasteiger partial charge is 0.255 e. The van der Waals surface area contributed by atoms with E-state index in [2.05, 4.69) is 10.6 Å². The molecule has 0 radical (unpaired) electrons.